The Morgan fingerprint density at radius 3 is 2.69 bits per heavy atom. The first-order chi connectivity index (χ1) is 12.2. The predicted octanol–water partition coefficient (Wildman–Crippen LogP) is 6.22. The summed E-state index contributed by atoms with van der Waals surface area (Å²) < 4.78 is 0. The molecule has 138 valence electrons. The van der Waals surface area contributed by atoms with Crippen molar-refractivity contribution in [1.29, 1.82) is 0 Å². The lowest BCUT2D eigenvalue weighted by Gasteiger charge is -2.47. The molecule has 0 spiro atoms. The third kappa shape index (κ3) is 3.45. The third-order valence-corrected chi connectivity index (χ3v) is 5.60. The molecule has 0 saturated carbocycles. The fourth-order valence-electron chi connectivity index (χ4n) is 4.13. The molecular formula is C22H27ClN2O. The van der Waals surface area contributed by atoms with E-state index < -0.39 is 0 Å². The number of anilines is 1. The number of aromatic hydroxyl groups is 1. The SMILES string of the molecule is CCN1c2cc(C)c(C=Nc3ccc(Cl)cc3O)cc2C(C)CC1(C)C. The van der Waals surface area contributed by atoms with Crippen LogP contribution in [0.4, 0.5) is 11.4 Å². The van der Waals surface area contributed by atoms with Crippen LogP contribution in [0.5, 0.6) is 5.75 Å². The number of halogens is 1. The monoisotopic (exact) mass is 370 g/mol. The van der Waals surface area contributed by atoms with Gasteiger partial charge in [0, 0.05) is 35.1 Å². The zero-order chi connectivity index (χ0) is 19.1. The van der Waals surface area contributed by atoms with Gasteiger partial charge in [0.25, 0.3) is 0 Å². The quantitative estimate of drug-likeness (QED) is 0.651. The van der Waals surface area contributed by atoms with Crippen LogP contribution in [0.25, 0.3) is 0 Å². The summed E-state index contributed by atoms with van der Waals surface area (Å²) in [6.07, 6.45) is 2.97. The van der Waals surface area contributed by atoms with Crippen molar-refractivity contribution in [2.45, 2.75) is 52.5 Å². The molecule has 3 rings (SSSR count). The van der Waals surface area contributed by atoms with E-state index in [4.69, 9.17) is 11.6 Å². The summed E-state index contributed by atoms with van der Waals surface area (Å²) in [5.41, 5.74) is 5.66. The van der Waals surface area contributed by atoms with Crippen molar-refractivity contribution in [3.05, 3.63) is 52.0 Å². The molecule has 1 unspecified atom stereocenters. The maximum atomic E-state index is 9.99. The fraction of sp³-hybridized carbons (Fsp3) is 0.409. The standard InChI is InChI=1S/C22H27ClN2O/c1-6-25-20-9-14(2)16(10-18(20)15(3)12-22(25,4)5)13-24-19-8-7-17(23)11-21(19)26/h7-11,13,15,26H,6,12H2,1-5H3. The Morgan fingerprint density at radius 2 is 2.04 bits per heavy atom. The molecule has 0 aromatic heterocycles. The number of phenols is 1. The molecular weight excluding hydrogens is 344 g/mol. The number of aryl methyl sites for hydroxylation is 1. The van der Waals surface area contributed by atoms with Crippen molar-refractivity contribution in [3.8, 4) is 5.75 Å². The molecule has 0 fully saturated rings. The number of hydrogen-bond donors (Lipinski definition) is 1. The summed E-state index contributed by atoms with van der Waals surface area (Å²) >= 11 is 5.89. The summed E-state index contributed by atoms with van der Waals surface area (Å²) in [5, 5.41) is 10.5. The molecule has 1 atom stereocenters. The first-order valence-electron chi connectivity index (χ1n) is 9.17. The Kier molecular flexibility index (Phi) is 5.03. The lowest BCUT2D eigenvalue weighted by Crippen LogP contribution is -2.48. The van der Waals surface area contributed by atoms with Gasteiger partial charge in [0.05, 0.1) is 0 Å². The summed E-state index contributed by atoms with van der Waals surface area (Å²) in [6, 6.07) is 9.50. The number of aliphatic imine (C=N–C) groups is 1. The summed E-state index contributed by atoms with van der Waals surface area (Å²) in [6.45, 7) is 12.3. The molecule has 0 aliphatic carbocycles. The van der Waals surface area contributed by atoms with E-state index in [1.165, 1.54) is 22.9 Å². The van der Waals surface area contributed by atoms with Gasteiger partial charge in [-0.05, 0) is 81.0 Å². The van der Waals surface area contributed by atoms with Gasteiger partial charge in [0.2, 0.25) is 0 Å². The van der Waals surface area contributed by atoms with Gasteiger partial charge in [-0.15, -0.1) is 0 Å². The van der Waals surface area contributed by atoms with Crippen LogP contribution < -0.4 is 4.90 Å². The average Bonchev–Trinajstić information content (AvgIpc) is 2.54. The zero-order valence-electron chi connectivity index (χ0n) is 16.2. The third-order valence-electron chi connectivity index (χ3n) is 5.37. The van der Waals surface area contributed by atoms with E-state index >= 15 is 0 Å². The maximum Gasteiger partial charge on any atom is 0.142 e. The van der Waals surface area contributed by atoms with Gasteiger partial charge in [-0.1, -0.05) is 18.5 Å². The number of phenolic OH excluding ortho intramolecular Hbond substituents is 1. The van der Waals surface area contributed by atoms with Gasteiger partial charge < -0.3 is 10.0 Å². The van der Waals surface area contributed by atoms with Gasteiger partial charge in [0.1, 0.15) is 11.4 Å². The first kappa shape index (κ1) is 18.8. The second-order valence-corrected chi connectivity index (χ2v) is 8.26. The molecule has 26 heavy (non-hydrogen) atoms. The largest absolute Gasteiger partial charge is 0.506 e. The summed E-state index contributed by atoms with van der Waals surface area (Å²) in [7, 11) is 0. The van der Waals surface area contributed by atoms with Gasteiger partial charge in [-0.3, -0.25) is 4.99 Å². The highest BCUT2D eigenvalue weighted by atomic mass is 35.5. The topological polar surface area (TPSA) is 35.8 Å². The highest BCUT2D eigenvalue weighted by molar-refractivity contribution is 6.30. The van der Waals surface area contributed by atoms with Gasteiger partial charge in [-0.2, -0.15) is 0 Å². The minimum absolute atomic E-state index is 0.0941. The second kappa shape index (κ2) is 6.96. The van der Waals surface area contributed by atoms with Gasteiger partial charge in [-0.25, -0.2) is 0 Å². The molecule has 1 N–H and O–H groups in total. The van der Waals surface area contributed by atoms with E-state index in [-0.39, 0.29) is 11.3 Å². The molecule has 3 nitrogen and oxygen atoms in total. The van der Waals surface area contributed by atoms with E-state index in [0.717, 1.165) is 18.5 Å². The van der Waals surface area contributed by atoms with Crippen LogP contribution in [-0.4, -0.2) is 23.4 Å². The molecule has 2 aromatic carbocycles. The molecule has 2 aromatic rings. The number of fused-ring (bicyclic) bond motifs is 1. The number of benzene rings is 2. The maximum absolute atomic E-state index is 9.99. The van der Waals surface area contributed by atoms with Crippen molar-refractivity contribution in [2.75, 3.05) is 11.4 Å². The lowest BCUT2D eigenvalue weighted by molar-refractivity contribution is 0.381. The van der Waals surface area contributed by atoms with Crippen molar-refractivity contribution < 1.29 is 5.11 Å². The van der Waals surface area contributed by atoms with Crippen LogP contribution in [0.2, 0.25) is 5.02 Å². The Hall–Kier alpha value is -2.00. The minimum atomic E-state index is 0.0941. The zero-order valence-corrected chi connectivity index (χ0v) is 16.9. The van der Waals surface area contributed by atoms with Crippen molar-refractivity contribution in [2.24, 2.45) is 4.99 Å². The molecule has 4 heteroatoms. The van der Waals surface area contributed by atoms with Crippen LogP contribution in [0.1, 0.15) is 56.7 Å². The van der Waals surface area contributed by atoms with E-state index in [1.54, 1.807) is 12.1 Å². The van der Waals surface area contributed by atoms with Crippen LogP contribution in [-0.2, 0) is 0 Å². The molecule has 0 amide bonds. The summed E-state index contributed by atoms with van der Waals surface area (Å²) in [5.74, 6) is 0.594. The van der Waals surface area contributed by atoms with E-state index in [0.29, 0.717) is 16.6 Å². The van der Waals surface area contributed by atoms with Gasteiger partial charge >= 0.3 is 0 Å². The minimum Gasteiger partial charge on any atom is -0.506 e. The van der Waals surface area contributed by atoms with E-state index in [2.05, 4.69) is 56.6 Å². The normalized spacial score (nSPS) is 19.0. The second-order valence-electron chi connectivity index (χ2n) is 7.82. The fourth-order valence-corrected chi connectivity index (χ4v) is 4.30. The van der Waals surface area contributed by atoms with Crippen molar-refractivity contribution >= 4 is 29.2 Å². The lowest BCUT2D eigenvalue weighted by atomic mass is 9.79. The molecule has 0 saturated heterocycles. The van der Waals surface area contributed by atoms with Crippen molar-refractivity contribution in [3.63, 3.8) is 0 Å². The average molecular weight is 371 g/mol. The van der Waals surface area contributed by atoms with E-state index in [9.17, 15) is 5.11 Å². The number of rotatable bonds is 3. The smallest absolute Gasteiger partial charge is 0.142 e. The highest BCUT2D eigenvalue weighted by Gasteiger charge is 2.35. The number of hydrogen-bond acceptors (Lipinski definition) is 3. The Labute approximate surface area is 161 Å². The Morgan fingerprint density at radius 1 is 1.31 bits per heavy atom. The van der Waals surface area contributed by atoms with Crippen LogP contribution >= 0.6 is 11.6 Å². The highest BCUT2D eigenvalue weighted by Crippen LogP contribution is 2.44. The Bertz CT molecular complexity index is 857. The van der Waals surface area contributed by atoms with Gasteiger partial charge in [0.15, 0.2) is 0 Å². The number of nitrogens with zero attached hydrogens (tertiary/aromatic N) is 2. The molecule has 1 aliphatic heterocycles. The van der Waals surface area contributed by atoms with Crippen LogP contribution in [0.15, 0.2) is 35.3 Å². The van der Waals surface area contributed by atoms with E-state index in [1.807, 2.05) is 6.21 Å². The molecule has 0 bridgehead atoms. The molecule has 0 radical (unpaired) electrons. The van der Waals surface area contributed by atoms with Crippen LogP contribution in [0, 0.1) is 6.92 Å². The van der Waals surface area contributed by atoms with Crippen molar-refractivity contribution in [1.82, 2.24) is 0 Å². The Balaban J connectivity index is 2.01. The summed E-state index contributed by atoms with van der Waals surface area (Å²) in [4.78, 5) is 6.97. The first-order valence-corrected chi connectivity index (χ1v) is 9.55. The molecule has 1 aliphatic rings. The predicted molar refractivity (Wildman–Crippen MR) is 112 cm³/mol. The van der Waals surface area contributed by atoms with Crippen LogP contribution in [0.3, 0.4) is 0 Å². The molecule has 1 heterocycles.